The molecule has 1 N–H and O–H groups in total. The first kappa shape index (κ1) is 13.6. The molecule has 0 bridgehead atoms. The second kappa shape index (κ2) is 5.93. The van der Waals surface area contributed by atoms with Crippen molar-refractivity contribution in [2.75, 3.05) is 43.1 Å². The van der Waals surface area contributed by atoms with Gasteiger partial charge in [-0.25, -0.2) is 4.98 Å². The summed E-state index contributed by atoms with van der Waals surface area (Å²) in [5, 5.41) is 4.47. The third-order valence-electron chi connectivity index (χ3n) is 3.34. The summed E-state index contributed by atoms with van der Waals surface area (Å²) in [6, 6.07) is 2.19. The van der Waals surface area contributed by atoms with Gasteiger partial charge in [-0.3, -0.25) is 0 Å². The van der Waals surface area contributed by atoms with Gasteiger partial charge in [0.1, 0.15) is 10.6 Å². The Morgan fingerprint density at radius 1 is 1.35 bits per heavy atom. The third kappa shape index (κ3) is 2.71. The van der Waals surface area contributed by atoms with Gasteiger partial charge in [-0.15, -0.1) is 11.3 Å². The lowest BCUT2D eigenvalue weighted by Crippen LogP contribution is -2.37. The summed E-state index contributed by atoms with van der Waals surface area (Å²) in [5.41, 5.74) is 0. The fraction of sp³-hybridized carbons (Fsp3) is 0.571. The number of nitrogens with zero attached hydrogens (tertiary/aromatic N) is 3. The molecule has 1 aliphatic rings. The molecule has 0 aromatic carbocycles. The Kier molecular flexibility index (Phi) is 4.03. The van der Waals surface area contributed by atoms with Crippen LogP contribution >= 0.6 is 11.3 Å². The third-order valence-corrected chi connectivity index (χ3v) is 4.28. The van der Waals surface area contributed by atoms with Crippen LogP contribution in [-0.4, -0.2) is 42.8 Å². The Bertz CT molecular complexity index is 592. The molecule has 20 heavy (non-hydrogen) atoms. The zero-order chi connectivity index (χ0) is 13.9. The van der Waals surface area contributed by atoms with Gasteiger partial charge in [0.25, 0.3) is 0 Å². The molecule has 1 fully saturated rings. The highest BCUT2D eigenvalue weighted by molar-refractivity contribution is 7.18. The molecule has 3 rings (SSSR count). The van der Waals surface area contributed by atoms with Crippen LogP contribution in [-0.2, 0) is 4.74 Å². The van der Waals surface area contributed by atoms with Gasteiger partial charge in [0.2, 0.25) is 5.95 Å². The summed E-state index contributed by atoms with van der Waals surface area (Å²) >= 11 is 1.73. The van der Waals surface area contributed by atoms with Gasteiger partial charge < -0.3 is 15.0 Å². The van der Waals surface area contributed by atoms with E-state index in [9.17, 15) is 0 Å². The molecule has 2 aromatic rings. The number of fused-ring (bicyclic) bond motifs is 1. The molecule has 1 saturated heterocycles. The first-order chi connectivity index (χ1) is 9.78. The van der Waals surface area contributed by atoms with Crippen molar-refractivity contribution in [1.29, 1.82) is 0 Å². The van der Waals surface area contributed by atoms with Crippen molar-refractivity contribution in [2.24, 2.45) is 0 Å². The maximum Gasteiger partial charge on any atom is 0.226 e. The fourth-order valence-electron chi connectivity index (χ4n) is 2.36. The number of hydrogen-bond donors (Lipinski definition) is 1. The average molecular weight is 292 g/mol. The number of aryl methyl sites for hydroxylation is 1. The quantitative estimate of drug-likeness (QED) is 0.939. The van der Waals surface area contributed by atoms with E-state index in [4.69, 9.17) is 9.72 Å². The largest absolute Gasteiger partial charge is 0.378 e. The lowest BCUT2D eigenvalue weighted by atomic mass is 10.3. The standard InChI is InChI=1S/C14H20N4OS/c1-3-4-15-14-16-12(18-5-7-19-8-6-18)11-9-10(2)20-13(11)17-14/h9H,3-8H2,1-2H3,(H,15,16,17). The van der Waals surface area contributed by atoms with E-state index >= 15 is 0 Å². The highest BCUT2D eigenvalue weighted by atomic mass is 32.1. The molecule has 5 nitrogen and oxygen atoms in total. The molecule has 2 aromatic heterocycles. The van der Waals surface area contributed by atoms with Gasteiger partial charge in [0.05, 0.1) is 18.6 Å². The smallest absolute Gasteiger partial charge is 0.226 e. The van der Waals surface area contributed by atoms with Crippen LogP contribution in [0, 0.1) is 6.92 Å². The summed E-state index contributed by atoms with van der Waals surface area (Å²) in [4.78, 5) is 14.0. The lowest BCUT2D eigenvalue weighted by molar-refractivity contribution is 0.122. The average Bonchev–Trinajstić information content (AvgIpc) is 2.85. The molecule has 0 amide bonds. The van der Waals surface area contributed by atoms with E-state index in [-0.39, 0.29) is 0 Å². The Labute approximate surface area is 123 Å². The van der Waals surface area contributed by atoms with E-state index in [2.05, 4.69) is 35.1 Å². The van der Waals surface area contributed by atoms with E-state index in [0.29, 0.717) is 0 Å². The normalized spacial score (nSPS) is 15.8. The van der Waals surface area contributed by atoms with E-state index in [1.54, 1.807) is 11.3 Å². The number of nitrogens with one attached hydrogen (secondary N) is 1. The number of ether oxygens (including phenoxy) is 1. The summed E-state index contributed by atoms with van der Waals surface area (Å²) in [7, 11) is 0. The van der Waals surface area contributed by atoms with Crippen molar-refractivity contribution in [1.82, 2.24) is 9.97 Å². The predicted octanol–water partition coefficient (Wildman–Crippen LogP) is 2.66. The molecule has 0 unspecified atom stereocenters. The second-order valence-corrected chi connectivity index (χ2v) is 6.21. The van der Waals surface area contributed by atoms with Gasteiger partial charge >= 0.3 is 0 Å². The molecule has 6 heteroatoms. The van der Waals surface area contributed by atoms with Crippen LogP contribution in [0.3, 0.4) is 0 Å². The molecule has 1 aliphatic heterocycles. The molecule has 0 atom stereocenters. The maximum atomic E-state index is 5.44. The van der Waals surface area contributed by atoms with Crippen LogP contribution in [0.5, 0.6) is 0 Å². The minimum Gasteiger partial charge on any atom is -0.378 e. The van der Waals surface area contributed by atoms with Gasteiger partial charge in [0.15, 0.2) is 0 Å². The zero-order valence-electron chi connectivity index (χ0n) is 12.0. The van der Waals surface area contributed by atoms with Crippen molar-refractivity contribution in [3.63, 3.8) is 0 Å². The highest BCUT2D eigenvalue weighted by Crippen LogP contribution is 2.32. The van der Waals surface area contributed by atoms with E-state index in [1.807, 2.05) is 0 Å². The molecule has 0 spiro atoms. The number of hydrogen-bond acceptors (Lipinski definition) is 6. The predicted molar refractivity (Wildman–Crippen MR) is 84.0 cm³/mol. The molecule has 0 saturated carbocycles. The molecular weight excluding hydrogens is 272 g/mol. The first-order valence-electron chi connectivity index (χ1n) is 7.12. The maximum absolute atomic E-state index is 5.44. The molecule has 108 valence electrons. The molecule has 0 radical (unpaired) electrons. The number of thiophene rings is 1. The number of aromatic nitrogens is 2. The number of morpholine rings is 1. The van der Waals surface area contributed by atoms with Crippen LogP contribution < -0.4 is 10.2 Å². The monoisotopic (exact) mass is 292 g/mol. The Hall–Kier alpha value is -1.40. The topological polar surface area (TPSA) is 50.3 Å². The fourth-order valence-corrected chi connectivity index (χ4v) is 3.23. The van der Waals surface area contributed by atoms with Crippen LogP contribution in [0.2, 0.25) is 0 Å². The van der Waals surface area contributed by atoms with Crippen molar-refractivity contribution >= 4 is 33.3 Å². The van der Waals surface area contributed by atoms with Gasteiger partial charge in [-0.2, -0.15) is 4.98 Å². The lowest BCUT2D eigenvalue weighted by Gasteiger charge is -2.28. The van der Waals surface area contributed by atoms with Gasteiger partial charge in [-0.05, 0) is 19.4 Å². The van der Waals surface area contributed by atoms with Crippen molar-refractivity contribution in [3.05, 3.63) is 10.9 Å². The minimum atomic E-state index is 0.739. The SMILES string of the molecule is CCCNc1nc(N2CCOCC2)c2cc(C)sc2n1. The molecule has 0 aliphatic carbocycles. The van der Waals surface area contributed by atoms with Crippen molar-refractivity contribution < 1.29 is 4.74 Å². The van der Waals surface area contributed by atoms with Crippen LogP contribution in [0.15, 0.2) is 6.07 Å². The van der Waals surface area contributed by atoms with Crippen molar-refractivity contribution in [2.45, 2.75) is 20.3 Å². The zero-order valence-corrected chi connectivity index (χ0v) is 12.8. The van der Waals surface area contributed by atoms with E-state index < -0.39 is 0 Å². The van der Waals surface area contributed by atoms with E-state index in [0.717, 1.165) is 61.3 Å². The van der Waals surface area contributed by atoms with Crippen LogP contribution in [0.4, 0.5) is 11.8 Å². The molecule has 3 heterocycles. The van der Waals surface area contributed by atoms with Crippen LogP contribution in [0.1, 0.15) is 18.2 Å². The highest BCUT2D eigenvalue weighted by Gasteiger charge is 2.18. The summed E-state index contributed by atoms with van der Waals surface area (Å²) in [6.07, 6.45) is 1.07. The minimum absolute atomic E-state index is 0.739. The van der Waals surface area contributed by atoms with Gasteiger partial charge in [0, 0.05) is 24.5 Å². The Morgan fingerprint density at radius 2 is 2.15 bits per heavy atom. The Morgan fingerprint density at radius 3 is 2.90 bits per heavy atom. The first-order valence-corrected chi connectivity index (χ1v) is 7.94. The summed E-state index contributed by atoms with van der Waals surface area (Å²) in [5.74, 6) is 1.78. The van der Waals surface area contributed by atoms with Crippen LogP contribution in [0.25, 0.3) is 10.2 Å². The number of anilines is 2. The van der Waals surface area contributed by atoms with E-state index in [1.165, 1.54) is 4.88 Å². The second-order valence-electron chi connectivity index (χ2n) is 4.97. The Balaban J connectivity index is 2.01. The van der Waals surface area contributed by atoms with Crippen molar-refractivity contribution in [3.8, 4) is 0 Å². The van der Waals surface area contributed by atoms with Gasteiger partial charge in [-0.1, -0.05) is 6.92 Å². The number of rotatable bonds is 4. The summed E-state index contributed by atoms with van der Waals surface area (Å²) in [6.45, 7) is 8.50. The molecular formula is C14H20N4OS. The summed E-state index contributed by atoms with van der Waals surface area (Å²) < 4.78 is 5.44.